The zero-order valence-corrected chi connectivity index (χ0v) is 12.7. The molecule has 3 N–H and O–H groups in total. The number of nitrogen functional groups attached to an aromatic ring is 1. The standard InChI is InChI=1S/C11H13ClN2O6S/c1-6(15)19-7(2)20-11(16)14-21(17,18)8-3-4-10(13)9(12)5-8/h3-5,7H,13H2,1-2H3,(H,14,16). The number of carbonyl (C=O) groups is 2. The fourth-order valence-electron chi connectivity index (χ4n) is 1.28. The minimum Gasteiger partial charge on any atom is -0.426 e. The Hall–Kier alpha value is -2.00. The highest BCUT2D eigenvalue weighted by atomic mass is 35.5. The summed E-state index contributed by atoms with van der Waals surface area (Å²) in [6, 6.07) is 3.54. The number of benzene rings is 1. The van der Waals surface area contributed by atoms with Crippen LogP contribution in [0, 0.1) is 0 Å². The lowest BCUT2D eigenvalue weighted by Gasteiger charge is -2.13. The zero-order chi connectivity index (χ0) is 16.2. The van der Waals surface area contributed by atoms with Crippen LogP contribution in [0.15, 0.2) is 23.1 Å². The summed E-state index contributed by atoms with van der Waals surface area (Å²) in [6.45, 7) is 2.37. The van der Waals surface area contributed by atoms with E-state index >= 15 is 0 Å². The van der Waals surface area contributed by atoms with Crippen molar-refractivity contribution in [3.8, 4) is 0 Å². The number of nitrogens with two attached hydrogens (primary N) is 1. The van der Waals surface area contributed by atoms with E-state index in [0.717, 1.165) is 13.0 Å². The molecule has 1 aromatic rings. The van der Waals surface area contributed by atoms with Crippen molar-refractivity contribution in [2.75, 3.05) is 5.73 Å². The van der Waals surface area contributed by atoms with Crippen molar-refractivity contribution in [1.29, 1.82) is 0 Å². The maximum Gasteiger partial charge on any atom is 0.424 e. The normalized spacial score (nSPS) is 12.3. The van der Waals surface area contributed by atoms with Crippen LogP contribution in [0.4, 0.5) is 10.5 Å². The number of hydrogen-bond acceptors (Lipinski definition) is 7. The number of halogens is 1. The highest BCUT2D eigenvalue weighted by Gasteiger charge is 2.21. The van der Waals surface area contributed by atoms with Gasteiger partial charge in [0.05, 0.1) is 15.6 Å². The summed E-state index contributed by atoms with van der Waals surface area (Å²) in [6.07, 6.45) is -2.52. The van der Waals surface area contributed by atoms with Crippen LogP contribution in [-0.2, 0) is 24.3 Å². The van der Waals surface area contributed by atoms with E-state index in [2.05, 4.69) is 9.47 Å². The van der Waals surface area contributed by atoms with Crippen molar-refractivity contribution in [2.24, 2.45) is 0 Å². The summed E-state index contributed by atoms with van der Waals surface area (Å²) in [5.74, 6) is -0.677. The van der Waals surface area contributed by atoms with E-state index in [1.54, 1.807) is 4.72 Å². The lowest BCUT2D eigenvalue weighted by Crippen LogP contribution is -2.34. The maximum absolute atomic E-state index is 11.9. The van der Waals surface area contributed by atoms with Crippen LogP contribution < -0.4 is 10.5 Å². The molecule has 0 aliphatic heterocycles. The quantitative estimate of drug-likeness (QED) is 0.481. The van der Waals surface area contributed by atoms with Crippen molar-refractivity contribution in [1.82, 2.24) is 4.72 Å². The Kier molecular flexibility index (Phi) is 5.39. The van der Waals surface area contributed by atoms with E-state index in [-0.39, 0.29) is 15.6 Å². The number of ether oxygens (including phenoxy) is 2. The summed E-state index contributed by atoms with van der Waals surface area (Å²) >= 11 is 5.71. The van der Waals surface area contributed by atoms with Gasteiger partial charge in [-0.15, -0.1) is 0 Å². The average Bonchev–Trinajstić information content (AvgIpc) is 2.30. The molecule has 10 heteroatoms. The number of amides is 1. The summed E-state index contributed by atoms with van der Waals surface area (Å²) in [4.78, 5) is 21.8. The smallest absolute Gasteiger partial charge is 0.424 e. The van der Waals surface area contributed by atoms with Gasteiger partial charge < -0.3 is 15.2 Å². The topological polar surface area (TPSA) is 125 Å². The van der Waals surface area contributed by atoms with Crippen LogP contribution in [0.3, 0.4) is 0 Å². The third-order valence-electron chi connectivity index (χ3n) is 2.10. The number of carbonyl (C=O) groups excluding carboxylic acids is 2. The van der Waals surface area contributed by atoms with E-state index in [9.17, 15) is 18.0 Å². The fraction of sp³-hybridized carbons (Fsp3) is 0.273. The predicted molar refractivity (Wildman–Crippen MR) is 73.9 cm³/mol. The molecule has 0 fully saturated rings. The van der Waals surface area contributed by atoms with Crippen LogP contribution in [0.2, 0.25) is 5.02 Å². The lowest BCUT2D eigenvalue weighted by molar-refractivity contribution is -0.161. The summed E-state index contributed by atoms with van der Waals surface area (Å²) in [5.41, 5.74) is 5.65. The monoisotopic (exact) mass is 336 g/mol. The van der Waals surface area contributed by atoms with Gasteiger partial charge in [-0.1, -0.05) is 11.6 Å². The Labute approximate surface area is 126 Å². The van der Waals surface area contributed by atoms with Crippen molar-refractivity contribution in [2.45, 2.75) is 25.0 Å². The van der Waals surface area contributed by atoms with Gasteiger partial charge in [0.1, 0.15) is 0 Å². The second-order valence-electron chi connectivity index (χ2n) is 3.87. The number of anilines is 1. The van der Waals surface area contributed by atoms with Gasteiger partial charge in [0.2, 0.25) is 6.29 Å². The molecule has 1 rings (SSSR count). The summed E-state index contributed by atoms with van der Waals surface area (Å²) in [5, 5.41) is 0.0273. The van der Waals surface area contributed by atoms with Gasteiger partial charge in [0.15, 0.2) is 0 Å². The lowest BCUT2D eigenvalue weighted by atomic mass is 10.3. The minimum absolute atomic E-state index is 0.0273. The Bertz CT molecular complexity index is 661. The third-order valence-corrected chi connectivity index (χ3v) is 3.74. The second kappa shape index (κ2) is 6.64. The van der Waals surface area contributed by atoms with E-state index < -0.39 is 28.4 Å². The minimum atomic E-state index is -4.18. The van der Waals surface area contributed by atoms with Gasteiger partial charge >= 0.3 is 12.1 Å². The molecule has 21 heavy (non-hydrogen) atoms. The molecule has 1 amide bonds. The molecule has 0 bridgehead atoms. The molecule has 1 atom stereocenters. The van der Waals surface area contributed by atoms with Crippen molar-refractivity contribution >= 4 is 39.4 Å². The summed E-state index contributed by atoms with van der Waals surface area (Å²) in [7, 11) is -4.18. The highest BCUT2D eigenvalue weighted by Crippen LogP contribution is 2.22. The molecule has 0 saturated heterocycles. The van der Waals surface area contributed by atoms with E-state index in [1.807, 2.05) is 0 Å². The molecule has 0 aliphatic rings. The van der Waals surface area contributed by atoms with E-state index in [0.29, 0.717) is 0 Å². The second-order valence-corrected chi connectivity index (χ2v) is 5.96. The van der Waals surface area contributed by atoms with E-state index in [1.165, 1.54) is 19.1 Å². The Morgan fingerprint density at radius 1 is 1.33 bits per heavy atom. The summed E-state index contributed by atoms with van der Waals surface area (Å²) < 4.78 is 34.5. The third kappa shape index (κ3) is 5.12. The molecule has 0 radical (unpaired) electrons. The Morgan fingerprint density at radius 3 is 2.48 bits per heavy atom. The molecule has 0 heterocycles. The number of rotatable bonds is 4. The fourth-order valence-corrected chi connectivity index (χ4v) is 2.43. The highest BCUT2D eigenvalue weighted by molar-refractivity contribution is 7.90. The number of esters is 1. The van der Waals surface area contributed by atoms with Gasteiger partial charge in [-0.05, 0) is 18.2 Å². The van der Waals surface area contributed by atoms with Crippen LogP contribution >= 0.6 is 11.6 Å². The van der Waals surface area contributed by atoms with Gasteiger partial charge in [-0.2, -0.15) is 0 Å². The molecule has 0 aromatic heterocycles. The largest absolute Gasteiger partial charge is 0.426 e. The first-order valence-corrected chi connectivity index (χ1v) is 7.43. The molecule has 0 aliphatic carbocycles. The first kappa shape index (κ1) is 17.1. The molecule has 0 spiro atoms. The molecule has 116 valence electrons. The molecular weight excluding hydrogens is 324 g/mol. The van der Waals surface area contributed by atoms with Crippen LogP contribution in [0.25, 0.3) is 0 Å². The molecule has 8 nitrogen and oxygen atoms in total. The predicted octanol–water partition coefficient (Wildman–Crippen LogP) is 1.25. The van der Waals surface area contributed by atoms with Crippen LogP contribution in [0.1, 0.15) is 13.8 Å². The maximum atomic E-state index is 11.9. The average molecular weight is 337 g/mol. The zero-order valence-electron chi connectivity index (χ0n) is 11.1. The number of nitrogens with one attached hydrogen (secondary N) is 1. The first-order chi connectivity index (χ1) is 9.61. The number of hydrogen-bond donors (Lipinski definition) is 2. The van der Waals surface area contributed by atoms with Crippen LogP contribution in [-0.4, -0.2) is 26.8 Å². The molecular formula is C11H13ClN2O6S. The van der Waals surface area contributed by atoms with E-state index in [4.69, 9.17) is 17.3 Å². The Balaban J connectivity index is 2.78. The van der Waals surface area contributed by atoms with Crippen molar-refractivity contribution in [3.05, 3.63) is 23.2 Å². The molecule has 1 aromatic carbocycles. The van der Waals surface area contributed by atoms with Crippen molar-refractivity contribution < 1.29 is 27.5 Å². The first-order valence-electron chi connectivity index (χ1n) is 5.57. The van der Waals surface area contributed by atoms with Gasteiger partial charge in [-0.25, -0.2) is 17.9 Å². The van der Waals surface area contributed by atoms with Crippen molar-refractivity contribution in [3.63, 3.8) is 0 Å². The van der Waals surface area contributed by atoms with Crippen LogP contribution in [0.5, 0.6) is 0 Å². The molecule has 1 unspecified atom stereocenters. The SMILES string of the molecule is CC(=O)OC(C)OC(=O)NS(=O)(=O)c1ccc(N)c(Cl)c1. The van der Waals surface area contributed by atoms with Gasteiger partial charge in [0, 0.05) is 13.8 Å². The Morgan fingerprint density at radius 2 is 1.95 bits per heavy atom. The van der Waals surface area contributed by atoms with Gasteiger partial charge in [0.25, 0.3) is 10.0 Å². The van der Waals surface area contributed by atoms with Gasteiger partial charge in [-0.3, -0.25) is 4.79 Å². The molecule has 0 saturated carbocycles. The number of sulfonamides is 1.